The molecule has 2 saturated heterocycles. The molecule has 154 valence electrons. The average Bonchev–Trinajstić information content (AvgIpc) is 2.77. The number of pyridine rings is 2. The van der Waals surface area contributed by atoms with Crippen LogP contribution in [-0.4, -0.2) is 71.2 Å². The van der Waals surface area contributed by atoms with Gasteiger partial charge in [0.1, 0.15) is 0 Å². The summed E-state index contributed by atoms with van der Waals surface area (Å²) in [5.41, 5.74) is 2.31. The van der Waals surface area contributed by atoms with Crippen molar-refractivity contribution in [1.29, 1.82) is 0 Å². The fourth-order valence-electron chi connectivity index (χ4n) is 4.31. The van der Waals surface area contributed by atoms with Crippen LogP contribution in [0.5, 0.6) is 0 Å². The zero-order valence-electron chi connectivity index (χ0n) is 16.8. The van der Waals surface area contributed by atoms with Crippen molar-refractivity contribution in [2.75, 3.05) is 33.4 Å². The van der Waals surface area contributed by atoms with Gasteiger partial charge in [-0.15, -0.1) is 0 Å². The summed E-state index contributed by atoms with van der Waals surface area (Å²) in [6, 6.07) is 8.25. The summed E-state index contributed by atoms with van der Waals surface area (Å²) in [5, 5.41) is 0. The highest BCUT2D eigenvalue weighted by atomic mass is 16.5. The van der Waals surface area contributed by atoms with Gasteiger partial charge in [0, 0.05) is 57.6 Å². The van der Waals surface area contributed by atoms with E-state index in [9.17, 15) is 4.79 Å². The van der Waals surface area contributed by atoms with Gasteiger partial charge < -0.3 is 14.4 Å². The van der Waals surface area contributed by atoms with Crippen LogP contribution < -0.4 is 0 Å². The minimum Gasteiger partial charge on any atom is -0.382 e. The van der Waals surface area contributed by atoms with Gasteiger partial charge in [0.25, 0.3) is 5.91 Å². The number of likely N-dealkylation sites (tertiary alicyclic amines) is 2. The van der Waals surface area contributed by atoms with Gasteiger partial charge in [0.15, 0.2) is 6.10 Å². The van der Waals surface area contributed by atoms with E-state index < -0.39 is 6.10 Å². The van der Waals surface area contributed by atoms with Crippen molar-refractivity contribution < 1.29 is 14.3 Å². The summed E-state index contributed by atoms with van der Waals surface area (Å²) < 4.78 is 10.9. The van der Waals surface area contributed by atoms with Gasteiger partial charge in [0.05, 0.1) is 19.3 Å². The fraction of sp³-hybridized carbons (Fsp3) is 0.500. The van der Waals surface area contributed by atoms with Gasteiger partial charge in [-0.3, -0.25) is 19.7 Å². The highest BCUT2D eigenvalue weighted by molar-refractivity contribution is 5.89. The van der Waals surface area contributed by atoms with Crippen LogP contribution in [0, 0.1) is 0 Å². The molecular weight excluding hydrogens is 368 g/mol. The number of carbonyl (C=O) groups is 1. The summed E-state index contributed by atoms with van der Waals surface area (Å²) in [6.07, 6.45) is 8.79. The molecule has 2 fully saturated rings. The van der Waals surface area contributed by atoms with E-state index in [1.54, 1.807) is 25.7 Å². The molecule has 2 atom stereocenters. The van der Waals surface area contributed by atoms with E-state index in [2.05, 4.69) is 20.9 Å². The molecule has 1 amide bonds. The first kappa shape index (κ1) is 19.9. The molecule has 0 saturated carbocycles. The molecule has 0 aliphatic carbocycles. The Morgan fingerprint density at radius 3 is 2.55 bits per heavy atom. The smallest absolute Gasteiger partial charge is 0.255 e. The predicted octanol–water partition coefficient (Wildman–Crippen LogP) is 2.06. The van der Waals surface area contributed by atoms with Crippen molar-refractivity contribution in [1.82, 2.24) is 19.8 Å². The highest BCUT2D eigenvalue weighted by Crippen LogP contribution is 2.40. The van der Waals surface area contributed by atoms with E-state index in [0.29, 0.717) is 13.2 Å². The van der Waals surface area contributed by atoms with E-state index >= 15 is 0 Å². The van der Waals surface area contributed by atoms with Crippen LogP contribution in [0.1, 0.15) is 30.0 Å². The summed E-state index contributed by atoms with van der Waals surface area (Å²) >= 11 is 0. The van der Waals surface area contributed by atoms with Crippen LogP contribution in [-0.2, 0) is 20.8 Å². The highest BCUT2D eigenvalue weighted by Gasteiger charge is 2.52. The van der Waals surface area contributed by atoms with Crippen LogP contribution >= 0.6 is 0 Å². The summed E-state index contributed by atoms with van der Waals surface area (Å²) in [4.78, 5) is 25.7. The number of hydrogen-bond acceptors (Lipinski definition) is 6. The van der Waals surface area contributed by atoms with Crippen LogP contribution in [0.2, 0.25) is 0 Å². The van der Waals surface area contributed by atoms with Crippen LogP contribution in [0.4, 0.5) is 0 Å². The number of carbonyl (C=O) groups excluding carboxylic acids is 1. The molecule has 0 aromatic carbocycles. The van der Waals surface area contributed by atoms with E-state index in [0.717, 1.165) is 38.0 Å². The van der Waals surface area contributed by atoms with Crippen molar-refractivity contribution in [3.05, 3.63) is 60.2 Å². The first-order valence-corrected chi connectivity index (χ1v) is 10.2. The van der Waals surface area contributed by atoms with Crippen molar-refractivity contribution in [3.8, 4) is 0 Å². The number of amides is 1. The molecule has 0 spiro atoms. The Bertz CT molecular complexity index is 781. The number of ether oxygens (including phenoxy) is 2. The third-order valence-corrected chi connectivity index (χ3v) is 5.80. The molecule has 2 aliphatic heterocycles. The van der Waals surface area contributed by atoms with Gasteiger partial charge in [0.2, 0.25) is 0 Å². The molecule has 4 rings (SSSR count). The monoisotopic (exact) mass is 396 g/mol. The maximum atomic E-state index is 12.9. The lowest BCUT2D eigenvalue weighted by Gasteiger charge is -2.52. The Balaban J connectivity index is 1.40. The number of hydrogen-bond donors (Lipinski definition) is 0. The number of aromatic nitrogens is 2. The number of nitrogens with zero attached hydrogens (tertiary/aromatic N) is 4. The third-order valence-electron chi connectivity index (χ3n) is 5.80. The maximum absolute atomic E-state index is 12.9. The third kappa shape index (κ3) is 4.47. The first-order chi connectivity index (χ1) is 14.3. The number of β-lactam (4-membered cyclic amide) rings is 1. The van der Waals surface area contributed by atoms with Crippen LogP contribution in [0.3, 0.4) is 0 Å². The Kier molecular flexibility index (Phi) is 6.49. The van der Waals surface area contributed by atoms with Gasteiger partial charge in [-0.05, 0) is 42.2 Å². The SMILES string of the molecule is COCCO[C@H]1C(=O)N(C2CCN(Cc3cccnc3)CC2)[C@H]1c1ccncc1. The normalized spacial score (nSPS) is 23.2. The number of methoxy groups -OCH3 is 1. The van der Waals surface area contributed by atoms with Crippen LogP contribution in [0.15, 0.2) is 49.1 Å². The topological polar surface area (TPSA) is 67.8 Å². The second-order valence-corrected chi connectivity index (χ2v) is 7.62. The second kappa shape index (κ2) is 9.43. The largest absolute Gasteiger partial charge is 0.382 e. The van der Waals surface area contributed by atoms with Gasteiger partial charge in [-0.2, -0.15) is 0 Å². The molecule has 0 N–H and O–H groups in total. The number of piperidine rings is 1. The van der Waals surface area contributed by atoms with E-state index in [4.69, 9.17) is 9.47 Å². The molecular formula is C22H28N4O3. The van der Waals surface area contributed by atoms with Crippen molar-refractivity contribution in [2.45, 2.75) is 37.6 Å². The van der Waals surface area contributed by atoms with Crippen molar-refractivity contribution in [3.63, 3.8) is 0 Å². The van der Waals surface area contributed by atoms with Gasteiger partial charge >= 0.3 is 0 Å². The molecule has 2 aromatic heterocycles. The molecule has 0 unspecified atom stereocenters. The van der Waals surface area contributed by atoms with Gasteiger partial charge in [-0.1, -0.05) is 6.07 Å². The lowest BCUT2D eigenvalue weighted by molar-refractivity contribution is -0.184. The van der Waals surface area contributed by atoms with E-state index in [1.807, 2.05) is 29.3 Å². The van der Waals surface area contributed by atoms with E-state index in [-0.39, 0.29) is 18.0 Å². The Morgan fingerprint density at radius 1 is 1.07 bits per heavy atom. The average molecular weight is 396 g/mol. The van der Waals surface area contributed by atoms with E-state index in [1.165, 1.54) is 5.56 Å². The minimum absolute atomic E-state index is 0.0442. The quantitative estimate of drug-likeness (QED) is 0.503. The summed E-state index contributed by atoms with van der Waals surface area (Å²) in [7, 11) is 1.64. The molecule has 0 radical (unpaired) electrons. The zero-order valence-corrected chi connectivity index (χ0v) is 16.8. The molecule has 2 aromatic rings. The predicted molar refractivity (Wildman–Crippen MR) is 108 cm³/mol. The maximum Gasteiger partial charge on any atom is 0.255 e. The molecule has 7 nitrogen and oxygen atoms in total. The molecule has 2 aliphatic rings. The Labute approximate surface area is 171 Å². The van der Waals surface area contributed by atoms with Gasteiger partial charge in [-0.25, -0.2) is 0 Å². The Morgan fingerprint density at radius 2 is 1.86 bits per heavy atom. The first-order valence-electron chi connectivity index (χ1n) is 10.2. The van der Waals surface area contributed by atoms with Crippen LogP contribution in [0.25, 0.3) is 0 Å². The number of rotatable bonds is 8. The molecule has 7 heteroatoms. The minimum atomic E-state index is -0.430. The Hall–Kier alpha value is -2.35. The lowest BCUT2D eigenvalue weighted by Crippen LogP contribution is -2.64. The molecule has 0 bridgehead atoms. The fourth-order valence-corrected chi connectivity index (χ4v) is 4.31. The van der Waals surface area contributed by atoms with Crippen molar-refractivity contribution in [2.24, 2.45) is 0 Å². The second-order valence-electron chi connectivity index (χ2n) is 7.62. The molecule has 29 heavy (non-hydrogen) atoms. The summed E-state index contributed by atoms with van der Waals surface area (Å²) in [5.74, 6) is 0.0913. The zero-order chi connectivity index (χ0) is 20.1. The standard InChI is InChI=1S/C22H28N4O3/c1-28-13-14-29-21-20(18-4-9-23-10-5-18)26(22(21)27)19-6-11-25(12-7-19)16-17-3-2-8-24-15-17/h2-5,8-10,15,19-21H,6-7,11-14,16H2,1H3/t20-,21+/m0/s1. The lowest BCUT2D eigenvalue weighted by atomic mass is 9.86. The molecule has 4 heterocycles. The summed E-state index contributed by atoms with van der Waals surface area (Å²) in [6.45, 7) is 3.76. The van der Waals surface area contributed by atoms with Crippen molar-refractivity contribution >= 4 is 5.91 Å².